The summed E-state index contributed by atoms with van der Waals surface area (Å²) in [6.45, 7) is 2.34. The van der Waals surface area contributed by atoms with Crippen LogP contribution >= 0.6 is 0 Å². The average Bonchev–Trinajstić information content (AvgIpc) is 2.35. The van der Waals surface area contributed by atoms with Crippen molar-refractivity contribution >= 4 is 5.97 Å². The lowest BCUT2D eigenvalue weighted by Crippen LogP contribution is -2.29. The molecule has 4 nitrogen and oxygen atoms in total. The molecule has 1 aliphatic carbocycles. The molecule has 1 rings (SSSR count). The van der Waals surface area contributed by atoms with Gasteiger partial charge in [-0.2, -0.15) is 0 Å². The fourth-order valence-electron chi connectivity index (χ4n) is 2.00. The zero-order chi connectivity index (χ0) is 12.0. The predicted octanol–water partition coefficient (Wildman–Crippen LogP) is 1.51. The van der Waals surface area contributed by atoms with Crippen molar-refractivity contribution in [3.8, 4) is 0 Å². The van der Waals surface area contributed by atoms with Gasteiger partial charge in [0.25, 0.3) is 0 Å². The van der Waals surface area contributed by atoms with Crippen molar-refractivity contribution in [2.24, 2.45) is 5.92 Å². The first-order valence-electron chi connectivity index (χ1n) is 6.04. The van der Waals surface area contributed by atoms with E-state index in [0.717, 1.165) is 32.1 Å². The summed E-state index contributed by atoms with van der Waals surface area (Å²) in [6, 6.07) is 0. The Labute approximate surface area is 96.9 Å². The van der Waals surface area contributed by atoms with Crippen LogP contribution in [-0.4, -0.2) is 37.0 Å². The molecule has 0 radical (unpaired) electrons. The maximum absolute atomic E-state index is 11.3. The van der Waals surface area contributed by atoms with Crippen LogP contribution in [0, 0.1) is 5.92 Å². The summed E-state index contributed by atoms with van der Waals surface area (Å²) in [5.41, 5.74) is 0. The van der Waals surface area contributed by atoms with Crippen LogP contribution in [-0.2, 0) is 14.3 Å². The third kappa shape index (κ3) is 4.10. The standard InChI is InChI=1S/C12H22O4/c1-3-10(13)8-16-11-6-4-9(5-7-11)12(14)15-2/h9-11,13H,3-8H2,1-2H3. The Morgan fingerprint density at radius 2 is 2.00 bits per heavy atom. The number of esters is 1. The summed E-state index contributed by atoms with van der Waals surface area (Å²) in [5, 5.41) is 9.37. The smallest absolute Gasteiger partial charge is 0.308 e. The molecule has 94 valence electrons. The molecule has 1 unspecified atom stereocenters. The zero-order valence-electron chi connectivity index (χ0n) is 10.1. The Bertz CT molecular complexity index is 209. The van der Waals surface area contributed by atoms with E-state index >= 15 is 0 Å². The highest BCUT2D eigenvalue weighted by molar-refractivity contribution is 5.72. The van der Waals surface area contributed by atoms with E-state index in [9.17, 15) is 9.90 Å². The lowest BCUT2D eigenvalue weighted by atomic mass is 9.87. The van der Waals surface area contributed by atoms with E-state index in [4.69, 9.17) is 9.47 Å². The molecule has 0 amide bonds. The van der Waals surface area contributed by atoms with Crippen LogP contribution in [0.25, 0.3) is 0 Å². The molecule has 1 N–H and O–H groups in total. The number of hydrogen-bond acceptors (Lipinski definition) is 4. The summed E-state index contributed by atoms with van der Waals surface area (Å²) >= 11 is 0. The lowest BCUT2D eigenvalue weighted by molar-refractivity contribution is -0.147. The SMILES string of the molecule is CCC(O)COC1CCC(C(=O)OC)CC1. The number of rotatable bonds is 5. The van der Waals surface area contributed by atoms with E-state index in [2.05, 4.69) is 0 Å². The summed E-state index contributed by atoms with van der Waals surface area (Å²) in [4.78, 5) is 11.3. The first kappa shape index (κ1) is 13.5. The minimum atomic E-state index is -0.363. The minimum absolute atomic E-state index is 0.0425. The maximum atomic E-state index is 11.3. The number of aliphatic hydroxyl groups excluding tert-OH is 1. The molecule has 1 saturated carbocycles. The summed E-state index contributed by atoms with van der Waals surface area (Å²) in [6.07, 6.45) is 3.99. The molecule has 0 aromatic heterocycles. The van der Waals surface area contributed by atoms with Crippen molar-refractivity contribution in [2.75, 3.05) is 13.7 Å². The van der Waals surface area contributed by atoms with Gasteiger partial charge in [-0.15, -0.1) is 0 Å². The predicted molar refractivity (Wildman–Crippen MR) is 60.0 cm³/mol. The lowest BCUT2D eigenvalue weighted by Gasteiger charge is -2.27. The van der Waals surface area contributed by atoms with Gasteiger partial charge in [0.1, 0.15) is 0 Å². The van der Waals surface area contributed by atoms with Crippen molar-refractivity contribution < 1.29 is 19.4 Å². The van der Waals surface area contributed by atoms with Crippen LogP contribution in [0.2, 0.25) is 0 Å². The normalized spacial score (nSPS) is 27.4. The molecule has 0 aromatic rings. The van der Waals surface area contributed by atoms with E-state index in [-0.39, 0.29) is 24.1 Å². The molecular weight excluding hydrogens is 208 g/mol. The number of carbonyl (C=O) groups is 1. The maximum Gasteiger partial charge on any atom is 0.308 e. The van der Waals surface area contributed by atoms with Crippen LogP contribution in [0.15, 0.2) is 0 Å². The molecular formula is C12H22O4. The van der Waals surface area contributed by atoms with Gasteiger partial charge in [-0.05, 0) is 32.1 Å². The third-order valence-electron chi connectivity index (χ3n) is 3.20. The Kier molecular flexibility index (Phi) is 5.77. The number of carbonyl (C=O) groups excluding carboxylic acids is 1. The van der Waals surface area contributed by atoms with Crippen molar-refractivity contribution in [1.82, 2.24) is 0 Å². The van der Waals surface area contributed by atoms with Gasteiger partial charge >= 0.3 is 5.97 Å². The highest BCUT2D eigenvalue weighted by Crippen LogP contribution is 2.27. The molecule has 0 bridgehead atoms. The number of ether oxygens (including phenoxy) is 2. The number of aliphatic hydroxyl groups is 1. The van der Waals surface area contributed by atoms with Crippen molar-refractivity contribution in [3.63, 3.8) is 0 Å². The summed E-state index contributed by atoms with van der Waals surface area (Å²) in [5.74, 6) is -0.0620. The second-order valence-corrected chi connectivity index (χ2v) is 4.39. The van der Waals surface area contributed by atoms with Gasteiger partial charge in [0.05, 0.1) is 31.8 Å². The molecule has 0 aliphatic heterocycles. The molecule has 0 aromatic carbocycles. The van der Waals surface area contributed by atoms with Gasteiger partial charge in [-0.1, -0.05) is 6.92 Å². The second kappa shape index (κ2) is 6.86. The molecule has 0 heterocycles. The zero-order valence-corrected chi connectivity index (χ0v) is 10.1. The van der Waals surface area contributed by atoms with E-state index in [1.807, 2.05) is 6.92 Å². The van der Waals surface area contributed by atoms with Gasteiger partial charge < -0.3 is 14.6 Å². The van der Waals surface area contributed by atoms with E-state index in [1.165, 1.54) is 7.11 Å². The van der Waals surface area contributed by atoms with Crippen LogP contribution in [0.1, 0.15) is 39.0 Å². The van der Waals surface area contributed by atoms with Gasteiger partial charge in [-0.3, -0.25) is 4.79 Å². The third-order valence-corrected chi connectivity index (χ3v) is 3.20. The monoisotopic (exact) mass is 230 g/mol. The van der Waals surface area contributed by atoms with Gasteiger partial charge in [0, 0.05) is 0 Å². The topological polar surface area (TPSA) is 55.8 Å². The Morgan fingerprint density at radius 1 is 1.38 bits per heavy atom. The number of hydrogen-bond donors (Lipinski definition) is 1. The Morgan fingerprint density at radius 3 is 2.50 bits per heavy atom. The van der Waals surface area contributed by atoms with E-state index in [0.29, 0.717) is 6.61 Å². The van der Waals surface area contributed by atoms with Crippen LogP contribution in [0.5, 0.6) is 0 Å². The first-order valence-corrected chi connectivity index (χ1v) is 6.04. The molecule has 1 fully saturated rings. The van der Waals surface area contributed by atoms with Crippen molar-refractivity contribution in [1.29, 1.82) is 0 Å². The van der Waals surface area contributed by atoms with Crippen LogP contribution in [0.4, 0.5) is 0 Å². The highest BCUT2D eigenvalue weighted by atomic mass is 16.5. The summed E-state index contributed by atoms with van der Waals surface area (Å²) in [7, 11) is 1.43. The molecule has 1 aliphatic rings. The molecule has 1 atom stereocenters. The van der Waals surface area contributed by atoms with Gasteiger partial charge in [-0.25, -0.2) is 0 Å². The fourth-order valence-corrected chi connectivity index (χ4v) is 2.00. The Hall–Kier alpha value is -0.610. The molecule has 4 heteroatoms. The fraction of sp³-hybridized carbons (Fsp3) is 0.917. The second-order valence-electron chi connectivity index (χ2n) is 4.39. The minimum Gasteiger partial charge on any atom is -0.469 e. The summed E-state index contributed by atoms with van der Waals surface area (Å²) < 4.78 is 10.3. The molecule has 0 saturated heterocycles. The van der Waals surface area contributed by atoms with Gasteiger partial charge in [0.2, 0.25) is 0 Å². The Balaban J connectivity index is 2.19. The van der Waals surface area contributed by atoms with Crippen molar-refractivity contribution in [2.45, 2.75) is 51.2 Å². The van der Waals surface area contributed by atoms with E-state index in [1.54, 1.807) is 0 Å². The number of methoxy groups -OCH3 is 1. The van der Waals surface area contributed by atoms with Crippen molar-refractivity contribution in [3.05, 3.63) is 0 Å². The highest BCUT2D eigenvalue weighted by Gasteiger charge is 2.27. The quantitative estimate of drug-likeness (QED) is 0.727. The first-order chi connectivity index (χ1) is 7.67. The average molecular weight is 230 g/mol. The van der Waals surface area contributed by atoms with E-state index < -0.39 is 0 Å². The van der Waals surface area contributed by atoms with Crippen LogP contribution in [0.3, 0.4) is 0 Å². The largest absolute Gasteiger partial charge is 0.469 e. The molecule has 0 spiro atoms. The van der Waals surface area contributed by atoms with Crippen LogP contribution < -0.4 is 0 Å². The van der Waals surface area contributed by atoms with Gasteiger partial charge in [0.15, 0.2) is 0 Å². The molecule has 16 heavy (non-hydrogen) atoms.